The van der Waals surface area contributed by atoms with Crippen LogP contribution in [-0.2, 0) is 9.53 Å². The fraction of sp³-hybridized carbons (Fsp3) is 0.500. The van der Waals surface area contributed by atoms with Gasteiger partial charge >= 0.3 is 0 Å². The number of hydrogen-bond donors (Lipinski definition) is 2. The number of carbonyl (C=O) groups excluding carboxylic acids is 2. The molecule has 0 bridgehead atoms. The summed E-state index contributed by atoms with van der Waals surface area (Å²) >= 11 is 0. The van der Waals surface area contributed by atoms with Crippen LogP contribution in [0, 0.1) is 0 Å². The molecule has 1 aromatic heterocycles. The van der Waals surface area contributed by atoms with Gasteiger partial charge in [-0.05, 0) is 6.07 Å². The Hall–Kier alpha value is -2.45. The number of rotatable bonds is 3. The molecule has 0 aliphatic carbocycles. The zero-order valence-electron chi connectivity index (χ0n) is 14.6. The standard InChI is InChI=1S/C18H23N5O3/c24-16(11-13-12-19-5-10-26-13)22-6-8-23(9-7-22)18(25)17-14-3-1-2-4-15(14)20-21-17/h1-4,13,19H,5-12H2,(H,20,21). The van der Waals surface area contributed by atoms with Crippen molar-refractivity contribution >= 4 is 22.7 Å². The summed E-state index contributed by atoms with van der Waals surface area (Å²) in [5.41, 5.74) is 1.30. The molecule has 26 heavy (non-hydrogen) atoms. The quantitative estimate of drug-likeness (QED) is 0.820. The molecule has 8 heteroatoms. The second-order valence-corrected chi connectivity index (χ2v) is 6.69. The number of fused-ring (bicyclic) bond motifs is 1. The Morgan fingerprint density at radius 2 is 1.92 bits per heavy atom. The SMILES string of the molecule is O=C(CC1CNCCO1)N1CCN(C(=O)c2n[nH]c3ccccc23)CC1. The van der Waals surface area contributed by atoms with E-state index in [-0.39, 0.29) is 17.9 Å². The number of morpholine rings is 1. The lowest BCUT2D eigenvalue weighted by Gasteiger charge is -2.35. The summed E-state index contributed by atoms with van der Waals surface area (Å²) in [5, 5.41) is 11.1. The summed E-state index contributed by atoms with van der Waals surface area (Å²) < 4.78 is 5.60. The molecule has 8 nitrogen and oxygen atoms in total. The summed E-state index contributed by atoms with van der Waals surface area (Å²) in [6.07, 6.45) is 0.344. The average Bonchev–Trinajstić information content (AvgIpc) is 3.12. The molecule has 3 heterocycles. The van der Waals surface area contributed by atoms with Crippen molar-refractivity contribution in [1.82, 2.24) is 25.3 Å². The van der Waals surface area contributed by atoms with E-state index in [1.165, 1.54) is 0 Å². The zero-order valence-corrected chi connectivity index (χ0v) is 14.6. The normalized spacial score (nSPS) is 21.2. The third-order valence-electron chi connectivity index (χ3n) is 5.00. The van der Waals surface area contributed by atoms with Crippen molar-refractivity contribution in [3.05, 3.63) is 30.0 Å². The molecule has 138 valence electrons. The Bertz CT molecular complexity index is 791. The number of hydrogen-bond acceptors (Lipinski definition) is 5. The number of amides is 2. The highest BCUT2D eigenvalue weighted by atomic mass is 16.5. The molecule has 2 N–H and O–H groups in total. The molecular weight excluding hydrogens is 334 g/mol. The molecule has 0 saturated carbocycles. The fourth-order valence-electron chi connectivity index (χ4n) is 3.51. The van der Waals surface area contributed by atoms with Gasteiger partial charge in [0.05, 0.1) is 24.6 Å². The summed E-state index contributed by atoms with van der Waals surface area (Å²) in [7, 11) is 0. The maximum absolute atomic E-state index is 12.8. The number of ether oxygens (including phenoxy) is 1. The van der Waals surface area contributed by atoms with Gasteiger partial charge in [0.2, 0.25) is 5.91 Å². The van der Waals surface area contributed by atoms with Crippen molar-refractivity contribution in [2.24, 2.45) is 0 Å². The van der Waals surface area contributed by atoms with E-state index < -0.39 is 0 Å². The van der Waals surface area contributed by atoms with Gasteiger partial charge in [-0.3, -0.25) is 14.7 Å². The number of aromatic amines is 1. The van der Waals surface area contributed by atoms with Crippen molar-refractivity contribution in [2.75, 3.05) is 45.9 Å². The number of nitrogens with one attached hydrogen (secondary N) is 2. The fourth-order valence-corrected chi connectivity index (χ4v) is 3.51. The lowest BCUT2D eigenvalue weighted by molar-refractivity contribution is -0.136. The molecule has 0 spiro atoms. The van der Waals surface area contributed by atoms with Crippen LogP contribution < -0.4 is 5.32 Å². The Kier molecular flexibility index (Phi) is 4.85. The Morgan fingerprint density at radius 3 is 2.69 bits per heavy atom. The third kappa shape index (κ3) is 3.42. The number of H-pyrrole nitrogens is 1. The molecular formula is C18H23N5O3. The first-order chi connectivity index (χ1) is 12.7. The number of piperazine rings is 1. The highest BCUT2D eigenvalue weighted by molar-refractivity contribution is 6.04. The van der Waals surface area contributed by atoms with E-state index >= 15 is 0 Å². The van der Waals surface area contributed by atoms with E-state index in [9.17, 15) is 9.59 Å². The van der Waals surface area contributed by atoms with Gasteiger partial charge in [-0.25, -0.2) is 0 Å². The van der Waals surface area contributed by atoms with Crippen LogP contribution in [0.4, 0.5) is 0 Å². The van der Waals surface area contributed by atoms with Crippen LogP contribution in [0.3, 0.4) is 0 Å². The van der Waals surface area contributed by atoms with Gasteiger partial charge in [-0.1, -0.05) is 18.2 Å². The Labute approximate surface area is 151 Å². The highest BCUT2D eigenvalue weighted by Crippen LogP contribution is 2.18. The van der Waals surface area contributed by atoms with Crippen LogP contribution in [0.2, 0.25) is 0 Å². The Morgan fingerprint density at radius 1 is 1.15 bits per heavy atom. The number of benzene rings is 1. The molecule has 2 amide bonds. The van der Waals surface area contributed by atoms with Crippen LogP contribution in [0.1, 0.15) is 16.9 Å². The molecule has 2 aliphatic heterocycles. The molecule has 0 radical (unpaired) electrons. The van der Waals surface area contributed by atoms with Gasteiger partial charge in [0.15, 0.2) is 5.69 Å². The van der Waals surface area contributed by atoms with E-state index in [0.717, 1.165) is 24.0 Å². The van der Waals surface area contributed by atoms with Gasteiger partial charge in [-0.2, -0.15) is 5.10 Å². The lowest BCUT2D eigenvalue weighted by atomic mass is 10.1. The largest absolute Gasteiger partial charge is 0.375 e. The lowest BCUT2D eigenvalue weighted by Crippen LogP contribution is -2.52. The van der Waals surface area contributed by atoms with Crippen molar-refractivity contribution < 1.29 is 14.3 Å². The molecule has 1 unspecified atom stereocenters. The number of aromatic nitrogens is 2. The minimum absolute atomic E-state index is 0.0497. The first-order valence-corrected chi connectivity index (χ1v) is 9.05. The second kappa shape index (κ2) is 7.43. The summed E-state index contributed by atoms with van der Waals surface area (Å²) in [4.78, 5) is 28.8. The number of para-hydroxylation sites is 1. The first kappa shape index (κ1) is 17.0. The van der Waals surface area contributed by atoms with Crippen molar-refractivity contribution in [1.29, 1.82) is 0 Å². The third-order valence-corrected chi connectivity index (χ3v) is 5.00. The molecule has 4 rings (SSSR count). The maximum Gasteiger partial charge on any atom is 0.275 e. The smallest absolute Gasteiger partial charge is 0.275 e. The van der Waals surface area contributed by atoms with Gasteiger partial charge in [0.1, 0.15) is 0 Å². The monoisotopic (exact) mass is 357 g/mol. The summed E-state index contributed by atoms with van der Waals surface area (Å²) in [6.45, 7) is 4.35. The first-order valence-electron chi connectivity index (χ1n) is 9.05. The predicted molar refractivity (Wildman–Crippen MR) is 95.8 cm³/mol. The number of carbonyl (C=O) groups is 2. The van der Waals surface area contributed by atoms with E-state index in [1.807, 2.05) is 29.2 Å². The maximum atomic E-state index is 12.8. The second-order valence-electron chi connectivity index (χ2n) is 6.69. The summed E-state index contributed by atoms with van der Waals surface area (Å²) in [6, 6.07) is 7.60. The highest BCUT2D eigenvalue weighted by Gasteiger charge is 2.28. The number of nitrogens with zero attached hydrogens (tertiary/aromatic N) is 3. The van der Waals surface area contributed by atoms with Gasteiger partial charge in [0.25, 0.3) is 5.91 Å². The predicted octanol–water partition coefficient (Wildman–Crippen LogP) is 0.226. The van der Waals surface area contributed by atoms with E-state index in [2.05, 4.69) is 15.5 Å². The molecule has 2 fully saturated rings. The minimum atomic E-state index is -0.0886. The van der Waals surface area contributed by atoms with Crippen LogP contribution in [0.5, 0.6) is 0 Å². The van der Waals surface area contributed by atoms with E-state index in [4.69, 9.17) is 4.74 Å². The van der Waals surface area contributed by atoms with Gasteiger partial charge in [0, 0.05) is 44.7 Å². The summed E-state index contributed by atoms with van der Waals surface area (Å²) in [5.74, 6) is 0.00498. The van der Waals surface area contributed by atoms with Crippen molar-refractivity contribution in [3.8, 4) is 0 Å². The van der Waals surface area contributed by atoms with Crippen LogP contribution in [0.15, 0.2) is 24.3 Å². The van der Waals surface area contributed by atoms with E-state index in [1.54, 1.807) is 4.90 Å². The van der Waals surface area contributed by atoms with Gasteiger partial charge in [-0.15, -0.1) is 0 Å². The van der Waals surface area contributed by atoms with Crippen molar-refractivity contribution in [2.45, 2.75) is 12.5 Å². The van der Waals surface area contributed by atoms with Crippen LogP contribution in [-0.4, -0.2) is 83.8 Å². The van der Waals surface area contributed by atoms with Crippen LogP contribution >= 0.6 is 0 Å². The topological polar surface area (TPSA) is 90.6 Å². The molecule has 2 aromatic rings. The molecule has 1 atom stereocenters. The molecule has 1 aromatic carbocycles. The molecule has 2 aliphatic rings. The minimum Gasteiger partial charge on any atom is -0.375 e. The average molecular weight is 357 g/mol. The zero-order chi connectivity index (χ0) is 17.9. The van der Waals surface area contributed by atoms with Crippen LogP contribution in [0.25, 0.3) is 10.9 Å². The van der Waals surface area contributed by atoms with Crippen molar-refractivity contribution in [3.63, 3.8) is 0 Å². The van der Waals surface area contributed by atoms with E-state index in [0.29, 0.717) is 44.9 Å². The molecule has 2 saturated heterocycles. The van der Waals surface area contributed by atoms with Gasteiger partial charge < -0.3 is 19.9 Å². The Balaban J connectivity index is 1.34.